The van der Waals surface area contributed by atoms with Crippen LogP contribution in [0, 0.1) is 5.92 Å². The van der Waals surface area contributed by atoms with E-state index in [1.165, 1.54) is 4.31 Å². The molecule has 0 saturated carbocycles. The number of nitrogens with zero attached hydrogens (tertiary/aromatic N) is 1. The van der Waals surface area contributed by atoms with Gasteiger partial charge in [0.15, 0.2) is 0 Å². The highest BCUT2D eigenvalue weighted by molar-refractivity contribution is 7.89. The van der Waals surface area contributed by atoms with Crippen LogP contribution in [0.2, 0.25) is 0 Å². The number of hydrazine groups is 1. The maximum atomic E-state index is 12.5. The van der Waals surface area contributed by atoms with Gasteiger partial charge in [-0.1, -0.05) is 26.0 Å². The van der Waals surface area contributed by atoms with E-state index in [1.54, 1.807) is 38.1 Å². The molecule has 1 fully saturated rings. The van der Waals surface area contributed by atoms with Crippen molar-refractivity contribution in [3.63, 3.8) is 0 Å². The standard InChI is InChI=1S/C17H25N3O5S/c1-13(2)17(22)19-18-16(21)8-5-14-3-6-15(7-4-14)26(23,24)20-9-11-25-12-10-20/h3-4,6-7,13H,5,8-12H2,1-2H3,(H,18,21)(H,19,22). The Labute approximate surface area is 153 Å². The van der Waals surface area contributed by atoms with Crippen LogP contribution in [0.4, 0.5) is 0 Å². The first-order valence-electron chi connectivity index (χ1n) is 8.56. The van der Waals surface area contributed by atoms with Crippen molar-refractivity contribution in [1.82, 2.24) is 15.2 Å². The number of morpholine rings is 1. The van der Waals surface area contributed by atoms with Crippen molar-refractivity contribution in [3.8, 4) is 0 Å². The molecule has 2 amide bonds. The predicted octanol–water partition coefficient (Wildman–Crippen LogP) is 0.444. The highest BCUT2D eigenvalue weighted by Gasteiger charge is 2.26. The fraction of sp³-hybridized carbons (Fsp3) is 0.529. The molecule has 1 aliphatic rings. The molecule has 1 aromatic rings. The van der Waals surface area contributed by atoms with Gasteiger partial charge in [-0.05, 0) is 24.1 Å². The summed E-state index contributed by atoms with van der Waals surface area (Å²) in [7, 11) is -3.51. The fourth-order valence-electron chi connectivity index (χ4n) is 2.36. The average Bonchev–Trinajstić information content (AvgIpc) is 2.65. The van der Waals surface area contributed by atoms with E-state index >= 15 is 0 Å². The molecule has 144 valence electrons. The Bertz CT molecular complexity index is 725. The molecule has 0 unspecified atom stereocenters. The summed E-state index contributed by atoms with van der Waals surface area (Å²) in [5.74, 6) is -0.767. The van der Waals surface area contributed by atoms with Crippen LogP contribution >= 0.6 is 0 Å². The Balaban J connectivity index is 1.87. The monoisotopic (exact) mass is 383 g/mol. The summed E-state index contributed by atoms with van der Waals surface area (Å²) in [4.78, 5) is 23.4. The summed E-state index contributed by atoms with van der Waals surface area (Å²) in [5, 5.41) is 0. The molecule has 2 N–H and O–H groups in total. The number of hydrogen-bond donors (Lipinski definition) is 2. The summed E-state index contributed by atoms with van der Waals surface area (Å²) in [6, 6.07) is 6.51. The Morgan fingerprint density at radius 2 is 1.73 bits per heavy atom. The van der Waals surface area contributed by atoms with E-state index in [0.717, 1.165) is 5.56 Å². The van der Waals surface area contributed by atoms with Crippen molar-refractivity contribution in [2.45, 2.75) is 31.6 Å². The average molecular weight is 383 g/mol. The molecule has 0 aromatic heterocycles. The van der Waals surface area contributed by atoms with E-state index in [-0.39, 0.29) is 29.0 Å². The number of nitrogens with one attached hydrogen (secondary N) is 2. The Morgan fingerprint density at radius 3 is 2.31 bits per heavy atom. The summed E-state index contributed by atoms with van der Waals surface area (Å²) < 4.78 is 31.7. The van der Waals surface area contributed by atoms with Crippen LogP contribution in [-0.4, -0.2) is 50.8 Å². The normalized spacial score (nSPS) is 15.7. The molecule has 9 heteroatoms. The van der Waals surface area contributed by atoms with Gasteiger partial charge in [-0.25, -0.2) is 8.42 Å². The van der Waals surface area contributed by atoms with Crippen LogP contribution in [0.25, 0.3) is 0 Å². The molecule has 8 nitrogen and oxygen atoms in total. The van der Waals surface area contributed by atoms with Gasteiger partial charge in [0.25, 0.3) is 0 Å². The lowest BCUT2D eigenvalue weighted by molar-refractivity contribution is -0.130. The lowest BCUT2D eigenvalue weighted by atomic mass is 10.1. The fourth-order valence-corrected chi connectivity index (χ4v) is 3.77. The van der Waals surface area contributed by atoms with Crippen LogP contribution in [0.15, 0.2) is 29.2 Å². The number of carbonyl (C=O) groups is 2. The summed E-state index contributed by atoms with van der Waals surface area (Å²) in [6.07, 6.45) is 0.634. The minimum atomic E-state index is -3.51. The van der Waals surface area contributed by atoms with Gasteiger partial charge < -0.3 is 4.74 Å². The molecule has 0 aliphatic carbocycles. The number of sulfonamides is 1. The maximum Gasteiger partial charge on any atom is 0.243 e. The van der Waals surface area contributed by atoms with E-state index in [2.05, 4.69) is 10.9 Å². The summed E-state index contributed by atoms with van der Waals surface area (Å²) >= 11 is 0. The molecule has 1 saturated heterocycles. The largest absolute Gasteiger partial charge is 0.379 e. The van der Waals surface area contributed by atoms with E-state index in [9.17, 15) is 18.0 Å². The van der Waals surface area contributed by atoms with Gasteiger partial charge in [-0.2, -0.15) is 4.31 Å². The third-order valence-corrected chi connectivity index (χ3v) is 5.93. The third-order valence-electron chi connectivity index (χ3n) is 4.02. The summed E-state index contributed by atoms with van der Waals surface area (Å²) in [5.41, 5.74) is 5.55. The molecule has 2 rings (SSSR count). The molecule has 1 aromatic carbocycles. The SMILES string of the molecule is CC(C)C(=O)NNC(=O)CCc1ccc(S(=O)(=O)N2CCOCC2)cc1. The topological polar surface area (TPSA) is 105 Å². The van der Waals surface area contributed by atoms with E-state index in [1.807, 2.05) is 0 Å². The molecular formula is C17H25N3O5S. The molecule has 1 heterocycles. The van der Waals surface area contributed by atoms with Crippen LogP contribution in [-0.2, 0) is 30.8 Å². The zero-order valence-electron chi connectivity index (χ0n) is 15.0. The lowest BCUT2D eigenvalue weighted by Gasteiger charge is -2.26. The van der Waals surface area contributed by atoms with Crippen LogP contribution in [0.3, 0.4) is 0 Å². The van der Waals surface area contributed by atoms with Gasteiger partial charge in [0.05, 0.1) is 18.1 Å². The van der Waals surface area contributed by atoms with Gasteiger partial charge in [0.1, 0.15) is 0 Å². The second-order valence-electron chi connectivity index (χ2n) is 6.35. The van der Waals surface area contributed by atoms with Crippen LogP contribution in [0.1, 0.15) is 25.8 Å². The van der Waals surface area contributed by atoms with Gasteiger partial charge in [0.2, 0.25) is 21.8 Å². The number of benzene rings is 1. The van der Waals surface area contributed by atoms with Gasteiger partial charge in [-0.15, -0.1) is 0 Å². The molecular weight excluding hydrogens is 358 g/mol. The van der Waals surface area contributed by atoms with Gasteiger partial charge in [0, 0.05) is 25.4 Å². The van der Waals surface area contributed by atoms with Crippen LogP contribution < -0.4 is 10.9 Å². The first kappa shape index (κ1) is 20.3. The van der Waals surface area contributed by atoms with Crippen molar-refractivity contribution in [2.24, 2.45) is 5.92 Å². The van der Waals surface area contributed by atoms with Crippen molar-refractivity contribution >= 4 is 21.8 Å². The quantitative estimate of drug-likeness (QED) is 0.694. The second kappa shape index (κ2) is 9.11. The smallest absolute Gasteiger partial charge is 0.243 e. The van der Waals surface area contributed by atoms with E-state index in [0.29, 0.717) is 32.7 Å². The van der Waals surface area contributed by atoms with Gasteiger partial charge in [-0.3, -0.25) is 20.4 Å². The third kappa shape index (κ3) is 5.52. The minimum Gasteiger partial charge on any atom is -0.379 e. The first-order valence-corrected chi connectivity index (χ1v) is 10.00. The zero-order chi connectivity index (χ0) is 19.2. The predicted molar refractivity (Wildman–Crippen MR) is 95.5 cm³/mol. The molecule has 0 radical (unpaired) electrons. The maximum absolute atomic E-state index is 12.5. The van der Waals surface area contributed by atoms with E-state index in [4.69, 9.17) is 4.74 Å². The first-order chi connectivity index (χ1) is 12.3. The summed E-state index contributed by atoms with van der Waals surface area (Å²) in [6.45, 7) is 4.97. The molecule has 1 aliphatic heterocycles. The lowest BCUT2D eigenvalue weighted by Crippen LogP contribution is -2.43. The molecule has 0 spiro atoms. The number of ether oxygens (including phenoxy) is 1. The van der Waals surface area contributed by atoms with Crippen molar-refractivity contribution in [2.75, 3.05) is 26.3 Å². The highest BCUT2D eigenvalue weighted by atomic mass is 32.2. The molecule has 26 heavy (non-hydrogen) atoms. The highest BCUT2D eigenvalue weighted by Crippen LogP contribution is 2.18. The molecule has 0 atom stereocenters. The Morgan fingerprint density at radius 1 is 1.12 bits per heavy atom. The number of aryl methyl sites for hydroxylation is 1. The molecule has 0 bridgehead atoms. The number of carbonyl (C=O) groups excluding carboxylic acids is 2. The Hall–Kier alpha value is -1.97. The Kier molecular flexibility index (Phi) is 7.13. The number of rotatable bonds is 6. The minimum absolute atomic E-state index is 0.188. The zero-order valence-corrected chi connectivity index (χ0v) is 15.8. The van der Waals surface area contributed by atoms with Crippen molar-refractivity contribution in [3.05, 3.63) is 29.8 Å². The second-order valence-corrected chi connectivity index (χ2v) is 8.29. The number of amides is 2. The van der Waals surface area contributed by atoms with E-state index < -0.39 is 10.0 Å². The van der Waals surface area contributed by atoms with Crippen LogP contribution in [0.5, 0.6) is 0 Å². The van der Waals surface area contributed by atoms with Gasteiger partial charge >= 0.3 is 0 Å². The number of hydrogen-bond acceptors (Lipinski definition) is 5. The van der Waals surface area contributed by atoms with Crippen molar-refractivity contribution in [1.29, 1.82) is 0 Å². The van der Waals surface area contributed by atoms with Crippen molar-refractivity contribution < 1.29 is 22.7 Å².